The Morgan fingerprint density at radius 1 is 1.73 bits per heavy atom. The molecule has 1 amide bonds. The lowest BCUT2D eigenvalue weighted by molar-refractivity contribution is -0.158. The minimum atomic E-state index is -1.17. The smallest absolute Gasteiger partial charge is 0.332 e. The number of carbonyl (C=O) groups excluding carboxylic acids is 1. The van der Waals surface area contributed by atoms with Gasteiger partial charge in [-0.25, -0.2) is 4.79 Å². The minimum Gasteiger partial charge on any atom is -0.479 e. The van der Waals surface area contributed by atoms with Crippen LogP contribution in [0.3, 0.4) is 0 Å². The first-order valence-corrected chi connectivity index (χ1v) is 5.16. The Morgan fingerprint density at radius 3 is 2.73 bits per heavy atom. The van der Waals surface area contributed by atoms with Crippen molar-refractivity contribution in [2.24, 2.45) is 0 Å². The van der Waals surface area contributed by atoms with Crippen LogP contribution < -0.4 is 0 Å². The number of rotatable bonds is 5. The topological polar surface area (TPSA) is 66.8 Å². The maximum Gasteiger partial charge on any atom is 0.332 e. The van der Waals surface area contributed by atoms with E-state index in [4.69, 9.17) is 4.74 Å². The van der Waals surface area contributed by atoms with Gasteiger partial charge in [-0.05, 0) is 13.3 Å². The maximum absolute atomic E-state index is 11.3. The number of hydrogen-bond acceptors (Lipinski definition) is 3. The van der Waals surface area contributed by atoms with E-state index in [1.165, 1.54) is 4.90 Å². The van der Waals surface area contributed by atoms with Gasteiger partial charge in [-0.15, -0.1) is 0 Å². The molecular formula is C10H17NO4. The van der Waals surface area contributed by atoms with Crippen LogP contribution in [-0.2, 0) is 14.3 Å². The van der Waals surface area contributed by atoms with Crippen molar-refractivity contribution in [3.8, 4) is 0 Å². The minimum absolute atomic E-state index is 0.363. The van der Waals surface area contributed by atoms with Crippen molar-refractivity contribution >= 4 is 12.4 Å². The molecule has 1 aliphatic rings. The van der Waals surface area contributed by atoms with Crippen molar-refractivity contribution in [3.05, 3.63) is 0 Å². The number of carbonyl (C=O) groups is 2. The van der Waals surface area contributed by atoms with Gasteiger partial charge in [0.1, 0.15) is 0 Å². The predicted octanol–water partition coefficient (Wildman–Crippen LogP) is 0.487. The van der Waals surface area contributed by atoms with Gasteiger partial charge in [0.15, 0.2) is 5.54 Å². The fraction of sp³-hybridized carbons (Fsp3) is 0.800. The number of ether oxygens (including phenoxy) is 1. The van der Waals surface area contributed by atoms with Crippen LogP contribution >= 0.6 is 0 Å². The second kappa shape index (κ2) is 4.61. The molecule has 0 spiro atoms. The summed E-state index contributed by atoms with van der Waals surface area (Å²) in [4.78, 5) is 23.6. The molecule has 0 saturated carbocycles. The van der Waals surface area contributed by atoms with E-state index >= 15 is 0 Å². The molecule has 1 rings (SSSR count). The third-order valence-corrected chi connectivity index (χ3v) is 3.00. The normalized spacial score (nSPS) is 30.1. The Hall–Kier alpha value is -1.10. The molecule has 0 aliphatic carbocycles. The Balaban J connectivity index is 2.98. The zero-order chi connectivity index (χ0) is 11.5. The Bertz CT molecular complexity index is 256. The summed E-state index contributed by atoms with van der Waals surface area (Å²) in [5.41, 5.74) is -1.17. The highest BCUT2D eigenvalue weighted by Crippen LogP contribution is 2.31. The maximum atomic E-state index is 11.3. The van der Waals surface area contributed by atoms with Crippen molar-refractivity contribution in [1.29, 1.82) is 0 Å². The lowest BCUT2D eigenvalue weighted by atomic mass is 9.90. The molecule has 86 valence electrons. The molecule has 0 bridgehead atoms. The van der Waals surface area contributed by atoms with Crippen LogP contribution in [0.4, 0.5) is 0 Å². The first-order valence-electron chi connectivity index (χ1n) is 5.16. The van der Waals surface area contributed by atoms with E-state index in [1.54, 1.807) is 6.92 Å². The number of carboxylic acids is 1. The number of amides is 1. The molecule has 5 heteroatoms. The third-order valence-electron chi connectivity index (χ3n) is 3.00. The molecule has 2 atom stereocenters. The van der Waals surface area contributed by atoms with Gasteiger partial charge in [-0.1, -0.05) is 6.92 Å². The molecule has 1 fully saturated rings. The van der Waals surface area contributed by atoms with Gasteiger partial charge in [0.25, 0.3) is 0 Å². The van der Waals surface area contributed by atoms with Gasteiger partial charge in [-0.2, -0.15) is 0 Å². The van der Waals surface area contributed by atoms with Crippen molar-refractivity contribution in [2.45, 2.75) is 38.3 Å². The quantitative estimate of drug-likeness (QED) is 0.678. The molecule has 0 radical (unpaired) electrons. The molecule has 0 aromatic heterocycles. The van der Waals surface area contributed by atoms with Crippen molar-refractivity contribution in [3.63, 3.8) is 0 Å². The second-order valence-corrected chi connectivity index (χ2v) is 3.79. The highest BCUT2D eigenvalue weighted by atomic mass is 16.5. The first-order chi connectivity index (χ1) is 7.09. The van der Waals surface area contributed by atoms with E-state index in [0.29, 0.717) is 26.0 Å². The SMILES string of the molecule is CCCN(C=O)C1(C(=O)O)CCOC1C. The van der Waals surface area contributed by atoms with E-state index in [-0.39, 0.29) is 0 Å². The molecule has 0 aromatic carbocycles. The second-order valence-electron chi connectivity index (χ2n) is 3.79. The molecule has 1 saturated heterocycles. The molecule has 15 heavy (non-hydrogen) atoms. The standard InChI is InChI=1S/C10H17NO4/c1-3-5-11(7-12)10(9(13)14)4-6-15-8(10)2/h7-8H,3-6H2,1-2H3,(H,13,14). The van der Waals surface area contributed by atoms with Crippen LogP contribution in [0.2, 0.25) is 0 Å². The van der Waals surface area contributed by atoms with Gasteiger partial charge in [-0.3, -0.25) is 4.79 Å². The van der Waals surface area contributed by atoms with Crippen LogP contribution in [-0.4, -0.2) is 47.2 Å². The van der Waals surface area contributed by atoms with Crippen LogP contribution in [0.25, 0.3) is 0 Å². The van der Waals surface area contributed by atoms with Crippen molar-refractivity contribution < 1.29 is 19.4 Å². The van der Waals surface area contributed by atoms with Crippen LogP contribution in [0.5, 0.6) is 0 Å². The van der Waals surface area contributed by atoms with Gasteiger partial charge in [0, 0.05) is 19.6 Å². The van der Waals surface area contributed by atoms with Gasteiger partial charge in [0.2, 0.25) is 6.41 Å². The predicted molar refractivity (Wildman–Crippen MR) is 53.5 cm³/mol. The van der Waals surface area contributed by atoms with Crippen molar-refractivity contribution in [1.82, 2.24) is 4.90 Å². The zero-order valence-electron chi connectivity index (χ0n) is 9.10. The summed E-state index contributed by atoms with van der Waals surface area (Å²) in [6.45, 7) is 4.45. The Morgan fingerprint density at radius 2 is 2.40 bits per heavy atom. The number of hydrogen-bond donors (Lipinski definition) is 1. The zero-order valence-corrected chi connectivity index (χ0v) is 9.10. The third kappa shape index (κ3) is 1.84. The van der Waals surface area contributed by atoms with Crippen LogP contribution in [0, 0.1) is 0 Å². The fourth-order valence-corrected chi connectivity index (χ4v) is 2.10. The lowest BCUT2D eigenvalue weighted by Gasteiger charge is -2.36. The molecule has 5 nitrogen and oxygen atoms in total. The van der Waals surface area contributed by atoms with E-state index in [2.05, 4.69) is 0 Å². The van der Waals surface area contributed by atoms with Gasteiger partial charge in [0.05, 0.1) is 6.10 Å². The summed E-state index contributed by atoms with van der Waals surface area (Å²) >= 11 is 0. The summed E-state index contributed by atoms with van der Waals surface area (Å²) in [6.07, 6.45) is 1.26. The Kier molecular flexibility index (Phi) is 3.68. The lowest BCUT2D eigenvalue weighted by Crippen LogP contribution is -2.58. The number of nitrogens with zero attached hydrogens (tertiary/aromatic N) is 1. The van der Waals surface area contributed by atoms with E-state index in [0.717, 1.165) is 6.42 Å². The summed E-state index contributed by atoms with van der Waals surface area (Å²) < 4.78 is 5.28. The number of aliphatic carboxylic acids is 1. The molecule has 2 unspecified atom stereocenters. The monoisotopic (exact) mass is 215 g/mol. The van der Waals surface area contributed by atoms with Crippen molar-refractivity contribution in [2.75, 3.05) is 13.2 Å². The molecule has 1 aliphatic heterocycles. The van der Waals surface area contributed by atoms with Gasteiger partial charge >= 0.3 is 5.97 Å². The van der Waals surface area contributed by atoms with Crippen LogP contribution in [0.15, 0.2) is 0 Å². The van der Waals surface area contributed by atoms with E-state index in [1.807, 2.05) is 6.92 Å². The fourth-order valence-electron chi connectivity index (χ4n) is 2.10. The summed E-state index contributed by atoms with van der Waals surface area (Å²) in [5.74, 6) is -0.979. The molecule has 0 aromatic rings. The molecule has 1 N–H and O–H groups in total. The summed E-state index contributed by atoms with van der Waals surface area (Å²) in [7, 11) is 0. The molecular weight excluding hydrogens is 198 g/mol. The average Bonchev–Trinajstić information content (AvgIpc) is 2.57. The van der Waals surface area contributed by atoms with E-state index in [9.17, 15) is 14.7 Å². The highest BCUT2D eigenvalue weighted by molar-refractivity contribution is 5.82. The van der Waals surface area contributed by atoms with Gasteiger partial charge < -0.3 is 14.7 Å². The largest absolute Gasteiger partial charge is 0.479 e. The highest BCUT2D eigenvalue weighted by Gasteiger charge is 2.52. The average molecular weight is 215 g/mol. The summed E-state index contributed by atoms with van der Waals surface area (Å²) in [5, 5.41) is 9.28. The van der Waals surface area contributed by atoms with E-state index < -0.39 is 17.6 Å². The first kappa shape index (κ1) is 12.0. The number of carboxylic acid groups (broad SMARTS) is 1. The van der Waals surface area contributed by atoms with Crippen LogP contribution in [0.1, 0.15) is 26.7 Å². The molecule has 1 heterocycles. The summed E-state index contributed by atoms with van der Waals surface area (Å²) in [6, 6.07) is 0. The Labute approximate surface area is 89.0 Å².